The number of hydrogen-bond donors (Lipinski definition) is 1. The average Bonchev–Trinajstić information content (AvgIpc) is 2.70. The lowest BCUT2D eigenvalue weighted by atomic mass is 10.0. The van der Waals surface area contributed by atoms with E-state index in [0.717, 1.165) is 30.6 Å². The minimum atomic E-state index is -0.848. The molecule has 152 valence electrons. The molecule has 0 bridgehead atoms. The van der Waals surface area contributed by atoms with Crippen molar-refractivity contribution in [2.45, 2.75) is 45.2 Å². The third-order valence-corrected chi connectivity index (χ3v) is 4.72. The predicted octanol–water partition coefficient (Wildman–Crippen LogP) is 2.16. The molecule has 1 fully saturated rings. The summed E-state index contributed by atoms with van der Waals surface area (Å²) in [6, 6.07) is 6.52. The maximum Gasteiger partial charge on any atom is 0.328 e. The summed E-state index contributed by atoms with van der Waals surface area (Å²) in [4.78, 5) is 38.0. The van der Waals surface area contributed by atoms with Crippen LogP contribution in [0.1, 0.15) is 38.7 Å². The largest absolute Gasteiger partial charge is 0.497 e. The molecule has 1 heterocycles. The highest BCUT2D eigenvalue weighted by atomic mass is 16.5. The maximum atomic E-state index is 12.2. The number of hydrogen-bond acceptors (Lipinski definition) is 5. The lowest BCUT2D eigenvalue weighted by Crippen LogP contribution is -2.45. The summed E-state index contributed by atoms with van der Waals surface area (Å²) in [6.45, 7) is 3.91. The fourth-order valence-electron chi connectivity index (χ4n) is 3.02. The van der Waals surface area contributed by atoms with E-state index < -0.39 is 17.9 Å². The van der Waals surface area contributed by atoms with E-state index in [1.54, 1.807) is 30.2 Å². The minimum Gasteiger partial charge on any atom is -0.497 e. The van der Waals surface area contributed by atoms with Crippen LogP contribution in [0.4, 0.5) is 0 Å². The number of esters is 1. The Morgan fingerprint density at radius 3 is 2.61 bits per heavy atom. The van der Waals surface area contributed by atoms with Gasteiger partial charge in [0.2, 0.25) is 5.91 Å². The van der Waals surface area contributed by atoms with Crippen molar-refractivity contribution in [3.63, 3.8) is 0 Å². The van der Waals surface area contributed by atoms with Gasteiger partial charge in [-0.25, -0.2) is 4.79 Å². The number of ether oxygens (including phenoxy) is 2. The van der Waals surface area contributed by atoms with E-state index in [4.69, 9.17) is 9.47 Å². The number of nitrogens with zero attached hydrogens (tertiary/aromatic N) is 1. The monoisotopic (exact) mass is 388 g/mol. The Bertz CT molecular complexity index is 714. The smallest absolute Gasteiger partial charge is 0.328 e. The van der Waals surface area contributed by atoms with Crippen molar-refractivity contribution in [3.8, 4) is 5.75 Å². The first-order valence-electron chi connectivity index (χ1n) is 9.49. The molecule has 1 aromatic rings. The summed E-state index contributed by atoms with van der Waals surface area (Å²) in [7, 11) is 1.58. The van der Waals surface area contributed by atoms with Crippen molar-refractivity contribution in [2.75, 3.05) is 20.3 Å². The number of rotatable bonds is 7. The molecule has 1 aliphatic heterocycles. The normalized spacial score (nSPS) is 17.8. The van der Waals surface area contributed by atoms with Crippen molar-refractivity contribution >= 4 is 23.9 Å². The van der Waals surface area contributed by atoms with Gasteiger partial charge in [0.05, 0.1) is 7.11 Å². The molecule has 1 aromatic carbocycles. The maximum absolute atomic E-state index is 12.2. The van der Waals surface area contributed by atoms with Gasteiger partial charge in [-0.3, -0.25) is 9.59 Å². The van der Waals surface area contributed by atoms with E-state index in [1.807, 2.05) is 19.1 Å². The highest BCUT2D eigenvalue weighted by Gasteiger charge is 2.25. The average molecular weight is 388 g/mol. The molecule has 1 saturated heterocycles. The van der Waals surface area contributed by atoms with Gasteiger partial charge in [-0.05, 0) is 56.9 Å². The number of amides is 2. The predicted molar refractivity (Wildman–Crippen MR) is 106 cm³/mol. The Kier molecular flexibility index (Phi) is 8.04. The number of piperidine rings is 1. The standard InChI is InChI=1S/C21H28N2O5/c1-15-6-4-5-13-23(15)20(25)14-28-21(26)16(2)22-19(24)12-9-17-7-10-18(27-3)11-8-17/h7-12,15-16H,4-6,13-14H2,1-3H3,(H,22,24)/b12-9+/t15-,16+/m1/s1. The molecular formula is C21H28N2O5. The van der Waals surface area contributed by atoms with Crippen molar-refractivity contribution in [3.05, 3.63) is 35.9 Å². The zero-order chi connectivity index (χ0) is 20.5. The van der Waals surface area contributed by atoms with Crippen LogP contribution in [-0.4, -0.2) is 55.0 Å². The molecule has 28 heavy (non-hydrogen) atoms. The highest BCUT2D eigenvalue weighted by molar-refractivity contribution is 5.94. The lowest BCUT2D eigenvalue weighted by molar-refractivity contribution is -0.155. The van der Waals surface area contributed by atoms with Gasteiger partial charge in [0, 0.05) is 18.7 Å². The van der Waals surface area contributed by atoms with Crippen molar-refractivity contribution in [1.29, 1.82) is 0 Å². The minimum absolute atomic E-state index is 0.167. The number of nitrogens with one attached hydrogen (secondary N) is 1. The summed E-state index contributed by atoms with van der Waals surface area (Å²) in [5.74, 6) is -0.523. The summed E-state index contributed by atoms with van der Waals surface area (Å²) in [6.07, 6.45) is 6.02. The van der Waals surface area contributed by atoms with Crippen LogP contribution in [-0.2, 0) is 19.1 Å². The fourth-order valence-corrected chi connectivity index (χ4v) is 3.02. The molecule has 2 atom stereocenters. The molecular weight excluding hydrogens is 360 g/mol. The van der Waals surface area contributed by atoms with E-state index in [9.17, 15) is 14.4 Å². The number of carbonyl (C=O) groups is 3. The van der Waals surface area contributed by atoms with E-state index in [1.165, 1.54) is 13.0 Å². The SMILES string of the molecule is COc1ccc(/C=C/C(=O)N[C@@H](C)C(=O)OCC(=O)N2CCCC[C@H]2C)cc1. The van der Waals surface area contributed by atoms with Crippen LogP contribution in [0.2, 0.25) is 0 Å². The van der Waals surface area contributed by atoms with Gasteiger partial charge in [0.1, 0.15) is 11.8 Å². The summed E-state index contributed by atoms with van der Waals surface area (Å²) < 4.78 is 10.1. The van der Waals surface area contributed by atoms with Crippen LogP contribution in [0.15, 0.2) is 30.3 Å². The Balaban J connectivity index is 1.76. The summed E-state index contributed by atoms with van der Waals surface area (Å²) in [5, 5.41) is 2.53. The third kappa shape index (κ3) is 6.40. The quantitative estimate of drug-likeness (QED) is 0.572. The number of likely N-dealkylation sites (tertiary alicyclic amines) is 1. The van der Waals surface area contributed by atoms with Crippen molar-refractivity contribution in [2.24, 2.45) is 0 Å². The summed E-state index contributed by atoms with van der Waals surface area (Å²) >= 11 is 0. The third-order valence-electron chi connectivity index (χ3n) is 4.72. The van der Waals surface area contributed by atoms with Gasteiger partial charge >= 0.3 is 5.97 Å². The second-order valence-electron chi connectivity index (χ2n) is 6.88. The first-order valence-corrected chi connectivity index (χ1v) is 9.49. The van der Waals surface area contributed by atoms with Crippen LogP contribution in [0.5, 0.6) is 5.75 Å². The van der Waals surface area contributed by atoms with E-state index in [-0.39, 0.29) is 18.6 Å². The van der Waals surface area contributed by atoms with Gasteiger partial charge in [-0.15, -0.1) is 0 Å². The Morgan fingerprint density at radius 1 is 1.25 bits per heavy atom. The molecule has 2 rings (SSSR count). The zero-order valence-electron chi connectivity index (χ0n) is 16.6. The van der Waals surface area contributed by atoms with Crippen LogP contribution in [0, 0.1) is 0 Å². The molecule has 0 spiro atoms. The lowest BCUT2D eigenvalue weighted by Gasteiger charge is -2.33. The zero-order valence-corrected chi connectivity index (χ0v) is 16.6. The fraction of sp³-hybridized carbons (Fsp3) is 0.476. The Morgan fingerprint density at radius 2 is 1.96 bits per heavy atom. The molecule has 0 unspecified atom stereocenters. The highest BCUT2D eigenvalue weighted by Crippen LogP contribution is 2.16. The van der Waals surface area contributed by atoms with Crippen LogP contribution < -0.4 is 10.1 Å². The van der Waals surface area contributed by atoms with Gasteiger partial charge in [0.15, 0.2) is 6.61 Å². The second-order valence-corrected chi connectivity index (χ2v) is 6.88. The topological polar surface area (TPSA) is 84.9 Å². The van der Waals surface area contributed by atoms with Gasteiger partial charge in [-0.1, -0.05) is 12.1 Å². The Labute approximate surface area is 165 Å². The molecule has 0 aromatic heterocycles. The molecule has 0 radical (unpaired) electrons. The first-order chi connectivity index (χ1) is 13.4. The van der Waals surface area contributed by atoms with E-state index in [0.29, 0.717) is 6.54 Å². The van der Waals surface area contributed by atoms with Gasteiger partial charge < -0.3 is 19.7 Å². The molecule has 0 saturated carbocycles. The van der Waals surface area contributed by atoms with Crippen molar-refractivity contribution in [1.82, 2.24) is 10.2 Å². The van der Waals surface area contributed by atoms with Crippen LogP contribution in [0.3, 0.4) is 0 Å². The molecule has 7 heteroatoms. The van der Waals surface area contributed by atoms with E-state index in [2.05, 4.69) is 5.32 Å². The van der Waals surface area contributed by atoms with Crippen molar-refractivity contribution < 1.29 is 23.9 Å². The summed E-state index contributed by atoms with van der Waals surface area (Å²) in [5.41, 5.74) is 0.826. The molecule has 1 aliphatic rings. The molecule has 1 N–H and O–H groups in total. The number of benzene rings is 1. The number of methoxy groups -OCH3 is 1. The van der Waals surface area contributed by atoms with Crippen LogP contribution >= 0.6 is 0 Å². The molecule has 2 amide bonds. The first kappa shape index (κ1) is 21.5. The van der Waals surface area contributed by atoms with E-state index >= 15 is 0 Å². The Hall–Kier alpha value is -2.83. The van der Waals surface area contributed by atoms with Crippen LogP contribution in [0.25, 0.3) is 6.08 Å². The molecule has 7 nitrogen and oxygen atoms in total. The number of carbonyl (C=O) groups excluding carboxylic acids is 3. The van der Waals surface area contributed by atoms with Gasteiger partial charge in [0.25, 0.3) is 5.91 Å². The molecule has 0 aliphatic carbocycles. The van der Waals surface area contributed by atoms with Gasteiger partial charge in [-0.2, -0.15) is 0 Å². The second kappa shape index (κ2) is 10.5.